The van der Waals surface area contributed by atoms with Gasteiger partial charge in [-0.2, -0.15) is 0 Å². The summed E-state index contributed by atoms with van der Waals surface area (Å²) >= 11 is 0. The van der Waals surface area contributed by atoms with Gasteiger partial charge in [0.2, 0.25) is 0 Å². The summed E-state index contributed by atoms with van der Waals surface area (Å²) < 4.78 is 10.8. The fourth-order valence-electron chi connectivity index (χ4n) is 3.08. The van der Waals surface area contributed by atoms with Crippen molar-refractivity contribution in [2.45, 2.75) is 6.54 Å². The van der Waals surface area contributed by atoms with E-state index in [1.54, 1.807) is 20.2 Å². The van der Waals surface area contributed by atoms with Gasteiger partial charge in [0.1, 0.15) is 5.75 Å². The minimum Gasteiger partial charge on any atom is -0.496 e. The second-order valence-corrected chi connectivity index (χ2v) is 6.98. The lowest BCUT2D eigenvalue weighted by Crippen LogP contribution is -2.30. The minimum absolute atomic E-state index is 0.276. The molecule has 0 N–H and O–H groups in total. The van der Waals surface area contributed by atoms with Crippen molar-refractivity contribution >= 4 is 23.5 Å². The van der Waals surface area contributed by atoms with E-state index in [2.05, 4.69) is 0 Å². The number of likely N-dealkylation sites (N-methyl/N-ethyl adjacent to an activating group) is 1. The summed E-state index contributed by atoms with van der Waals surface area (Å²) in [7, 11) is 3.26. The van der Waals surface area contributed by atoms with Crippen LogP contribution in [0.15, 0.2) is 84.9 Å². The van der Waals surface area contributed by atoms with Gasteiger partial charge in [-0.15, -0.1) is 0 Å². The molecule has 0 saturated carbocycles. The normalized spacial score (nSPS) is 11.0. The predicted molar refractivity (Wildman–Crippen MR) is 121 cm³/mol. The van der Waals surface area contributed by atoms with Crippen LogP contribution in [0.4, 0.5) is 0 Å². The van der Waals surface area contributed by atoms with Crippen LogP contribution in [0.25, 0.3) is 11.6 Å². The zero-order valence-corrected chi connectivity index (χ0v) is 17.7. The van der Waals surface area contributed by atoms with Crippen molar-refractivity contribution in [2.24, 2.45) is 0 Å². The summed E-state index contributed by atoms with van der Waals surface area (Å²) in [4.78, 5) is 26.9. The molecule has 0 atom stereocenters. The van der Waals surface area contributed by atoms with Gasteiger partial charge in [-0.1, -0.05) is 78.9 Å². The Bertz CT molecular complexity index is 1050. The van der Waals surface area contributed by atoms with E-state index in [1.807, 2.05) is 84.9 Å². The van der Waals surface area contributed by atoms with Crippen LogP contribution in [0.1, 0.15) is 16.7 Å². The van der Waals surface area contributed by atoms with Crippen LogP contribution >= 0.6 is 0 Å². The Kier molecular flexibility index (Phi) is 7.60. The zero-order valence-electron chi connectivity index (χ0n) is 17.7. The molecule has 0 radical (unpaired) electrons. The van der Waals surface area contributed by atoms with Crippen LogP contribution in [0.2, 0.25) is 0 Å². The fraction of sp³-hybridized carbons (Fsp3) is 0.154. The quantitative estimate of drug-likeness (QED) is 0.310. The van der Waals surface area contributed by atoms with Crippen molar-refractivity contribution in [1.82, 2.24) is 4.90 Å². The number of para-hydroxylation sites is 1. The van der Waals surface area contributed by atoms with Crippen molar-refractivity contribution in [2.75, 3.05) is 20.8 Å². The number of nitrogens with zero attached hydrogens (tertiary/aromatic N) is 1. The molecule has 0 aliphatic heterocycles. The molecule has 3 aromatic rings. The number of benzene rings is 3. The van der Waals surface area contributed by atoms with E-state index in [0.717, 1.165) is 11.1 Å². The van der Waals surface area contributed by atoms with Gasteiger partial charge in [-0.05, 0) is 23.3 Å². The molecule has 31 heavy (non-hydrogen) atoms. The Balaban J connectivity index is 1.75. The standard InChI is InChI=1S/C26H25NO4/c1-27(18-20-11-5-3-6-12-20)25(28)19-31-26(29)23(21-13-7-4-8-14-21)17-22-15-9-10-16-24(22)30-2/h3-17H,18-19H2,1-2H3. The lowest BCUT2D eigenvalue weighted by atomic mass is 10.0. The van der Waals surface area contributed by atoms with Gasteiger partial charge in [-0.25, -0.2) is 4.79 Å². The van der Waals surface area contributed by atoms with E-state index >= 15 is 0 Å². The first-order valence-corrected chi connectivity index (χ1v) is 9.93. The third-order valence-corrected chi connectivity index (χ3v) is 4.76. The van der Waals surface area contributed by atoms with Crippen LogP contribution < -0.4 is 4.74 Å². The molecule has 0 heterocycles. The highest BCUT2D eigenvalue weighted by molar-refractivity contribution is 6.22. The molecule has 0 fully saturated rings. The summed E-state index contributed by atoms with van der Waals surface area (Å²) in [6.45, 7) is 0.109. The number of carbonyl (C=O) groups excluding carboxylic acids is 2. The second kappa shape index (κ2) is 10.8. The van der Waals surface area contributed by atoms with Crippen LogP contribution in [0.3, 0.4) is 0 Å². The van der Waals surface area contributed by atoms with Crippen molar-refractivity contribution in [3.63, 3.8) is 0 Å². The van der Waals surface area contributed by atoms with Crippen LogP contribution in [-0.4, -0.2) is 37.5 Å². The number of methoxy groups -OCH3 is 1. The third-order valence-electron chi connectivity index (χ3n) is 4.76. The molecule has 0 aliphatic carbocycles. The van der Waals surface area contributed by atoms with Gasteiger partial charge in [0.15, 0.2) is 6.61 Å². The molecule has 5 nitrogen and oxygen atoms in total. The first-order chi connectivity index (χ1) is 15.1. The smallest absolute Gasteiger partial charge is 0.339 e. The van der Waals surface area contributed by atoms with Gasteiger partial charge in [0.05, 0.1) is 12.7 Å². The Hall–Kier alpha value is -3.86. The molecule has 158 valence electrons. The summed E-state index contributed by atoms with van der Waals surface area (Å²) in [6.07, 6.45) is 1.72. The molecule has 1 amide bonds. The van der Waals surface area contributed by atoms with Gasteiger partial charge in [0, 0.05) is 19.2 Å². The molecular weight excluding hydrogens is 390 g/mol. The predicted octanol–water partition coefficient (Wildman–Crippen LogP) is 4.44. The van der Waals surface area contributed by atoms with Crippen LogP contribution in [0.5, 0.6) is 5.75 Å². The van der Waals surface area contributed by atoms with Gasteiger partial charge < -0.3 is 14.4 Å². The Morgan fingerprint density at radius 3 is 2.16 bits per heavy atom. The van der Waals surface area contributed by atoms with E-state index in [1.165, 1.54) is 4.90 Å². The van der Waals surface area contributed by atoms with Crippen LogP contribution in [-0.2, 0) is 20.9 Å². The highest BCUT2D eigenvalue weighted by Gasteiger charge is 2.18. The molecule has 3 rings (SSSR count). The average molecular weight is 415 g/mol. The van der Waals surface area contributed by atoms with E-state index in [0.29, 0.717) is 23.4 Å². The van der Waals surface area contributed by atoms with E-state index in [-0.39, 0.29) is 12.5 Å². The number of esters is 1. The molecule has 0 spiro atoms. The molecule has 0 bridgehead atoms. The average Bonchev–Trinajstić information content (AvgIpc) is 2.82. The van der Waals surface area contributed by atoms with Gasteiger partial charge in [0.25, 0.3) is 5.91 Å². The maximum absolute atomic E-state index is 12.9. The van der Waals surface area contributed by atoms with Crippen molar-refractivity contribution in [1.29, 1.82) is 0 Å². The van der Waals surface area contributed by atoms with Crippen molar-refractivity contribution < 1.29 is 19.1 Å². The maximum atomic E-state index is 12.9. The Labute approximate surface area is 182 Å². The molecule has 3 aromatic carbocycles. The zero-order chi connectivity index (χ0) is 22.1. The summed E-state index contributed by atoms with van der Waals surface area (Å²) in [6, 6.07) is 26.3. The molecule has 0 aromatic heterocycles. The van der Waals surface area contributed by atoms with E-state index in [4.69, 9.17) is 9.47 Å². The van der Waals surface area contributed by atoms with Crippen LogP contribution in [0, 0.1) is 0 Å². The Morgan fingerprint density at radius 1 is 0.871 bits per heavy atom. The highest BCUT2D eigenvalue weighted by atomic mass is 16.5. The fourth-order valence-corrected chi connectivity index (χ4v) is 3.08. The number of rotatable bonds is 8. The summed E-state index contributed by atoms with van der Waals surface area (Å²) in [5, 5.41) is 0. The Morgan fingerprint density at radius 2 is 1.48 bits per heavy atom. The molecule has 0 unspecified atom stereocenters. The second-order valence-electron chi connectivity index (χ2n) is 6.98. The van der Waals surface area contributed by atoms with E-state index < -0.39 is 5.97 Å². The first-order valence-electron chi connectivity index (χ1n) is 9.93. The molecule has 0 aliphatic rings. The number of amides is 1. The summed E-state index contributed by atoms with van der Waals surface area (Å²) in [5.41, 5.74) is 2.80. The monoisotopic (exact) mass is 415 g/mol. The molecule has 0 saturated heterocycles. The SMILES string of the molecule is COc1ccccc1C=C(C(=O)OCC(=O)N(C)Cc1ccccc1)c1ccccc1. The molecule has 5 heteroatoms. The summed E-state index contributed by atoms with van der Waals surface area (Å²) in [5.74, 6) is -0.206. The number of hydrogen-bond donors (Lipinski definition) is 0. The van der Waals surface area contributed by atoms with Crippen molar-refractivity contribution in [3.05, 3.63) is 102 Å². The lowest BCUT2D eigenvalue weighted by molar-refractivity contribution is -0.147. The topological polar surface area (TPSA) is 55.8 Å². The first kappa shape index (κ1) is 21.8. The van der Waals surface area contributed by atoms with E-state index in [9.17, 15) is 9.59 Å². The maximum Gasteiger partial charge on any atom is 0.339 e. The lowest BCUT2D eigenvalue weighted by Gasteiger charge is -2.17. The third kappa shape index (κ3) is 6.06. The largest absolute Gasteiger partial charge is 0.496 e. The highest BCUT2D eigenvalue weighted by Crippen LogP contribution is 2.25. The number of carbonyl (C=O) groups is 2. The van der Waals surface area contributed by atoms with Gasteiger partial charge in [-0.3, -0.25) is 4.79 Å². The van der Waals surface area contributed by atoms with Crippen molar-refractivity contribution in [3.8, 4) is 5.75 Å². The van der Waals surface area contributed by atoms with Gasteiger partial charge >= 0.3 is 5.97 Å². The number of ether oxygens (including phenoxy) is 2. The minimum atomic E-state index is -0.571. The number of hydrogen-bond acceptors (Lipinski definition) is 4. The molecular formula is C26H25NO4.